The van der Waals surface area contributed by atoms with E-state index >= 15 is 0 Å². The summed E-state index contributed by atoms with van der Waals surface area (Å²) in [6.45, 7) is 3.83. The maximum absolute atomic E-state index is 9.65. The second-order valence-corrected chi connectivity index (χ2v) is 7.59. The Kier molecular flexibility index (Phi) is 6.13. The minimum atomic E-state index is -0.751. The molecule has 1 aliphatic heterocycles. The zero-order chi connectivity index (χ0) is 12.9. The van der Waals surface area contributed by atoms with Crippen molar-refractivity contribution in [2.24, 2.45) is 5.41 Å². The van der Waals surface area contributed by atoms with Crippen LogP contribution in [0.5, 0.6) is 0 Å². The smallest absolute Gasteiger partial charge is 0.0562 e. The van der Waals surface area contributed by atoms with Gasteiger partial charge in [0, 0.05) is 5.25 Å². The van der Waals surface area contributed by atoms with E-state index in [9.17, 15) is 15.3 Å². The molecule has 0 saturated carbocycles. The number of aliphatic hydroxyl groups is 3. The van der Waals surface area contributed by atoms with Gasteiger partial charge in [-0.05, 0) is 12.8 Å². The fraction of sp³-hybridized carbons (Fsp3) is 1.00. The summed E-state index contributed by atoms with van der Waals surface area (Å²) in [5.74, 6) is 0. The molecule has 3 nitrogen and oxygen atoms in total. The van der Waals surface area contributed by atoms with Crippen LogP contribution in [-0.4, -0.2) is 45.1 Å². The predicted octanol–water partition coefficient (Wildman–Crippen LogP) is 2.05. The van der Waals surface area contributed by atoms with Crippen LogP contribution in [0.15, 0.2) is 0 Å². The van der Waals surface area contributed by atoms with Crippen LogP contribution in [0.2, 0.25) is 0 Å². The molecule has 1 saturated heterocycles. The van der Waals surface area contributed by atoms with E-state index in [0.29, 0.717) is 5.25 Å². The van der Waals surface area contributed by atoms with Gasteiger partial charge in [0.15, 0.2) is 0 Å². The van der Waals surface area contributed by atoms with Crippen LogP contribution >= 0.6 is 21.6 Å². The van der Waals surface area contributed by atoms with E-state index in [1.54, 1.807) is 10.8 Å². The van der Waals surface area contributed by atoms with Gasteiger partial charge in [-0.25, -0.2) is 0 Å². The van der Waals surface area contributed by atoms with E-state index in [4.69, 9.17) is 0 Å². The van der Waals surface area contributed by atoms with Crippen molar-refractivity contribution in [3.63, 3.8) is 0 Å². The summed E-state index contributed by atoms with van der Waals surface area (Å²) in [7, 11) is 3.58. The SMILES string of the molecule is CCCC1SSC1(CCC)C(CO)(CO)CO. The predicted molar refractivity (Wildman–Crippen MR) is 75.2 cm³/mol. The molecule has 1 heterocycles. The van der Waals surface area contributed by atoms with Crippen LogP contribution in [-0.2, 0) is 0 Å². The van der Waals surface area contributed by atoms with Crippen molar-refractivity contribution in [2.75, 3.05) is 19.8 Å². The van der Waals surface area contributed by atoms with E-state index in [0.717, 1.165) is 25.7 Å². The third kappa shape index (κ3) is 2.50. The van der Waals surface area contributed by atoms with Gasteiger partial charge in [0.05, 0.1) is 30.0 Å². The van der Waals surface area contributed by atoms with Crippen LogP contribution in [0, 0.1) is 5.41 Å². The number of hydrogen-bond acceptors (Lipinski definition) is 5. The first-order chi connectivity index (χ1) is 8.16. The lowest BCUT2D eigenvalue weighted by Gasteiger charge is -2.57. The summed E-state index contributed by atoms with van der Waals surface area (Å²) >= 11 is 0. The van der Waals surface area contributed by atoms with E-state index in [1.165, 1.54) is 0 Å². The molecule has 2 unspecified atom stereocenters. The monoisotopic (exact) mass is 280 g/mol. The van der Waals surface area contributed by atoms with Crippen molar-refractivity contribution in [1.82, 2.24) is 0 Å². The van der Waals surface area contributed by atoms with E-state index in [1.807, 2.05) is 10.8 Å². The molecule has 0 amide bonds. The highest BCUT2D eigenvalue weighted by Gasteiger charge is 2.60. The minimum absolute atomic E-state index is 0.145. The molecule has 0 aromatic heterocycles. The number of rotatable bonds is 8. The Hall–Kier alpha value is 0.580. The summed E-state index contributed by atoms with van der Waals surface area (Å²) in [5, 5.41) is 29.4. The Morgan fingerprint density at radius 2 is 1.65 bits per heavy atom. The number of aliphatic hydroxyl groups excluding tert-OH is 3. The lowest BCUT2D eigenvalue weighted by Crippen LogP contribution is -2.61. The Labute approximate surface area is 112 Å². The second kappa shape index (κ2) is 6.66. The molecule has 17 heavy (non-hydrogen) atoms. The molecule has 1 aliphatic rings. The molecule has 0 bridgehead atoms. The first kappa shape index (κ1) is 15.6. The van der Waals surface area contributed by atoms with Crippen LogP contribution in [0.1, 0.15) is 39.5 Å². The van der Waals surface area contributed by atoms with Crippen molar-refractivity contribution < 1.29 is 15.3 Å². The maximum Gasteiger partial charge on any atom is 0.0562 e. The molecule has 3 N–H and O–H groups in total. The van der Waals surface area contributed by atoms with Gasteiger partial charge in [-0.1, -0.05) is 48.3 Å². The summed E-state index contributed by atoms with van der Waals surface area (Å²) in [5.41, 5.74) is -0.751. The molecule has 102 valence electrons. The van der Waals surface area contributed by atoms with E-state index < -0.39 is 5.41 Å². The lowest BCUT2D eigenvalue weighted by atomic mass is 9.71. The molecule has 0 radical (unpaired) electrons. The average molecular weight is 280 g/mol. The first-order valence-corrected chi connectivity index (χ1v) is 8.54. The summed E-state index contributed by atoms with van der Waals surface area (Å²) in [6, 6.07) is 0. The molecule has 0 aromatic carbocycles. The molecule has 0 aliphatic carbocycles. The zero-order valence-electron chi connectivity index (χ0n) is 10.7. The highest BCUT2D eigenvalue weighted by molar-refractivity contribution is 8.80. The van der Waals surface area contributed by atoms with Crippen molar-refractivity contribution in [3.05, 3.63) is 0 Å². The van der Waals surface area contributed by atoms with E-state index in [-0.39, 0.29) is 24.6 Å². The van der Waals surface area contributed by atoms with Gasteiger partial charge in [-0.3, -0.25) is 0 Å². The van der Waals surface area contributed by atoms with Gasteiger partial charge in [0.1, 0.15) is 0 Å². The first-order valence-electron chi connectivity index (χ1n) is 6.33. The Balaban J connectivity index is 2.97. The summed E-state index contributed by atoms with van der Waals surface area (Å²) in [4.78, 5) is 0. The Morgan fingerprint density at radius 3 is 1.94 bits per heavy atom. The van der Waals surface area contributed by atoms with Crippen molar-refractivity contribution in [1.29, 1.82) is 0 Å². The topological polar surface area (TPSA) is 60.7 Å². The van der Waals surface area contributed by atoms with Gasteiger partial charge in [-0.2, -0.15) is 0 Å². The van der Waals surface area contributed by atoms with Gasteiger partial charge < -0.3 is 15.3 Å². The summed E-state index contributed by atoms with van der Waals surface area (Å²) in [6.07, 6.45) is 4.13. The Bertz CT molecular complexity index is 226. The molecule has 0 aromatic rings. The molecule has 1 fully saturated rings. The van der Waals surface area contributed by atoms with Gasteiger partial charge in [-0.15, -0.1) is 0 Å². The van der Waals surface area contributed by atoms with Crippen LogP contribution in [0.3, 0.4) is 0 Å². The second-order valence-electron chi connectivity index (χ2n) is 4.85. The van der Waals surface area contributed by atoms with Crippen LogP contribution < -0.4 is 0 Å². The third-order valence-corrected chi connectivity index (χ3v) is 8.02. The highest BCUT2D eigenvalue weighted by atomic mass is 33.1. The normalized spacial score (nSPS) is 29.1. The average Bonchev–Trinajstić information content (AvgIpc) is 2.35. The van der Waals surface area contributed by atoms with Crippen LogP contribution in [0.25, 0.3) is 0 Å². The van der Waals surface area contributed by atoms with Crippen molar-refractivity contribution in [3.8, 4) is 0 Å². The van der Waals surface area contributed by atoms with Crippen LogP contribution in [0.4, 0.5) is 0 Å². The molecule has 0 spiro atoms. The quantitative estimate of drug-likeness (QED) is 0.594. The minimum Gasteiger partial charge on any atom is -0.396 e. The third-order valence-electron chi connectivity index (χ3n) is 3.81. The zero-order valence-corrected chi connectivity index (χ0v) is 12.3. The van der Waals surface area contributed by atoms with Crippen molar-refractivity contribution in [2.45, 2.75) is 49.5 Å². The van der Waals surface area contributed by atoms with E-state index in [2.05, 4.69) is 13.8 Å². The summed E-state index contributed by atoms with van der Waals surface area (Å²) < 4.78 is -0.166. The fourth-order valence-electron chi connectivity index (χ4n) is 2.60. The highest BCUT2D eigenvalue weighted by Crippen LogP contribution is 2.67. The van der Waals surface area contributed by atoms with Gasteiger partial charge in [0.25, 0.3) is 0 Å². The lowest BCUT2D eigenvalue weighted by molar-refractivity contribution is -0.0288. The van der Waals surface area contributed by atoms with Gasteiger partial charge >= 0.3 is 0 Å². The molecule has 1 rings (SSSR count). The standard InChI is InChI=1S/C12H24O3S2/c1-3-5-10-12(6-4-2,17-16-10)11(7-13,8-14)9-15/h10,13-15H,3-9H2,1-2H3. The molecular formula is C12H24O3S2. The van der Waals surface area contributed by atoms with Gasteiger partial charge in [0.2, 0.25) is 0 Å². The fourth-order valence-corrected chi connectivity index (χ4v) is 7.00. The largest absolute Gasteiger partial charge is 0.396 e. The maximum atomic E-state index is 9.65. The Morgan fingerprint density at radius 1 is 1.06 bits per heavy atom. The number of hydrogen-bond donors (Lipinski definition) is 3. The molecule has 5 heteroatoms. The molecular weight excluding hydrogens is 256 g/mol. The van der Waals surface area contributed by atoms with Crippen molar-refractivity contribution >= 4 is 21.6 Å². The molecule has 2 atom stereocenters.